The van der Waals surface area contributed by atoms with Crippen LogP contribution >= 0.6 is 23.2 Å². The molecule has 0 fully saturated rings. The van der Waals surface area contributed by atoms with E-state index in [4.69, 9.17) is 28.0 Å². The van der Waals surface area contributed by atoms with Gasteiger partial charge in [-0.05, 0) is 29.2 Å². The van der Waals surface area contributed by atoms with E-state index in [1.165, 1.54) is 6.21 Å². The van der Waals surface area contributed by atoms with Crippen LogP contribution in [-0.2, 0) is 15.0 Å². The first kappa shape index (κ1) is 19.3. The predicted octanol–water partition coefficient (Wildman–Crippen LogP) is 5.28. The molecule has 0 radical (unpaired) electrons. The fourth-order valence-corrected chi connectivity index (χ4v) is 2.69. The van der Waals surface area contributed by atoms with Crippen LogP contribution in [-0.4, -0.2) is 18.7 Å². The lowest BCUT2D eigenvalue weighted by Gasteiger charge is -2.22. The summed E-state index contributed by atoms with van der Waals surface area (Å²) in [5.74, 6) is -0.281. The van der Waals surface area contributed by atoms with Gasteiger partial charge in [0.25, 0.3) is 5.91 Å². The molecule has 2 rings (SSSR count). The third kappa shape index (κ3) is 5.76. The van der Waals surface area contributed by atoms with Crippen LogP contribution in [0.25, 0.3) is 0 Å². The number of anilines is 1. The SMILES string of the molecule is CC(C)(C)c1ccccc1NC(=O)CO/N=C/c1ccc(Cl)cc1Cl. The molecular weight excluding hydrogens is 359 g/mol. The van der Waals surface area contributed by atoms with E-state index in [2.05, 4.69) is 31.2 Å². The van der Waals surface area contributed by atoms with Crippen LogP contribution in [0.15, 0.2) is 47.6 Å². The highest BCUT2D eigenvalue weighted by molar-refractivity contribution is 6.36. The van der Waals surface area contributed by atoms with E-state index in [0.717, 1.165) is 11.3 Å². The second-order valence-corrected chi connectivity index (χ2v) is 7.36. The Balaban J connectivity index is 1.93. The highest BCUT2D eigenvalue weighted by atomic mass is 35.5. The maximum atomic E-state index is 12.1. The quantitative estimate of drug-likeness (QED) is 0.568. The second-order valence-electron chi connectivity index (χ2n) is 6.52. The number of oxime groups is 1. The first-order chi connectivity index (χ1) is 11.8. The lowest BCUT2D eigenvalue weighted by atomic mass is 9.86. The fourth-order valence-electron chi connectivity index (χ4n) is 2.23. The largest absolute Gasteiger partial charge is 0.386 e. The standard InChI is InChI=1S/C19H20Cl2N2O2/c1-19(2,3)15-6-4-5-7-17(15)23-18(24)12-25-22-11-13-8-9-14(20)10-16(13)21/h4-11H,12H2,1-3H3,(H,23,24)/b22-11+. The molecule has 0 saturated heterocycles. The van der Waals surface area contributed by atoms with Crippen LogP contribution in [0.1, 0.15) is 31.9 Å². The average molecular weight is 379 g/mol. The molecule has 25 heavy (non-hydrogen) atoms. The number of carbonyl (C=O) groups excluding carboxylic acids is 1. The summed E-state index contributed by atoms with van der Waals surface area (Å²) in [7, 11) is 0. The van der Waals surface area contributed by atoms with Crippen molar-refractivity contribution in [2.24, 2.45) is 5.16 Å². The zero-order valence-corrected chi connectivity index (χ0v) is 15.9. The molecule has 0 unspecified atom stereocenters. The Hall–Kier alpha value is -2.04. The summed E-state index contributed by atoms with van der Waals surface area (Å²) in [6.07, 6.45) is 1.44. The van der Waals surface area contributed by atoms with Crippen molar-refractivity contribution in [2.75, 3.05) is 11.9 Å². The Morgan fingerprint density at radius 3 is 2.60 bits per heavy atom. The van der Waals surface area contributed by atoms with Crippen molar-refractivity contribution in [1.29, 1.82) is 0 Å². The summed E-state index contributed by atoms with van der Waals surface area (Å²) >= 11 is 11.9. The number of halogens is 2. The van der Waals surface area contributed by atoms with Gasteiger partial charge >= 0.3 is 0 Å². The Morgan fingerprint density at radius 2 is 1.92 bits per heavy atom. The number of hydrogen-bond acceptors (Lipinski definition) is 3. The summed E-state index contributed by atoms with van der Waals surface area (Å²) in [6, 6.07) is 12.7. The highest BCUT2D eigenvalue weighted by Gasteiger charge is 2.18. The molecule has 132 valence electrons. The summed E-state index contributed by atoms with van der Waals surface area (Å²) in [5.41, 5.74) is 2.41. The van der Waals surface area contributed by atoms with Crippen molar-refractivity contribution in [3.8, 4) is 0 Å². The molecule has 6 heteroatoms. The third-order valence-corrected chi connectivity index (χ3v) is 4.00. The molecule has 0 saturated carbocycles. The van der Waals surface area contributed by atoms with Gasteiger partial charge in [-0.1, -0.05) is 73.4 Å². The Morgan fingerprint density at radius 1 is 1.20 bits per heavy atom. The monoisotopic (exact) mass is 378 g/mol. The van der Waals surface area contributed by atoms with Gasteiger partial charge in [0.15, 0.2) is 6.61 Å². The van der Waals surface area contributed by atoms with Gasteiger partial charge in [-0.3, -0.25) is 4.79 Å². The van der Waals surface area contributed by atoms with Crippen molar-refractivity contribution in [1.82, 2.24) is 0 Å². The minimum absolute atomic E-state index is 0.0752. The Labute approximate surface area is 157 Å². The average Bonchev–Trinajstić information content (AvgIpc) is 2.52. The highest BCUT2D eigenvalue weighted by Crippen LogP contribution is 2.29. The van der Waals surface area contributed by atoms with Gasteiger partial charge in [0.1, 0.15) is 0 Å². The molecule has 0 aromatic heterocycles. The van der Waals surface area contributed by atoms with Crippen molar-refractivity contribution in [2.45, 2.75) is 26.2 Å². The van der Waals surface area contributed by atoms with Gasteiger partial charge in [0, 0.05) is 16.3 Å². The number of para-hydroxylation sites is 1. The van der Waals surface area contributed by atoms with Gasteiger partial charge < -0.3 is 10.2 Å². The number of hydrogen-bond donors (Lipinski definition) is 1. The van der Waals surface area contributed by atoms with E-state index in [1.807, 2.05) is 24.3 Å². The maximum Gasteiger partial charge on any atom is 0.265 e. The molecule has 2 aromatic rings. The molecule has 2 aromatic carbocycles. The van der Waals surface area contributed by atoms with E-state index in [0.29, 0.717) is 15.6 Å². The van der Waals surface area contributed by atoms with E-state index >= 15 is 0 Å². The molecule has 0 aliphatic rings. The maximum absolute atomic E-state index is 12.1. The van der Waals surface area contributed by atoms with Crippen LogP contribution in [0.4, 0.5) is 5.69 Å². The first-order valence-electron chi connectivity index (χ1n) is 7.77. The predicted molar refractivity (Wildman–Crippen MR) is 104 cm³/mol. The molecule has 0 atom stereocenters. The number of nitrogens with zero attached hydrogens (tertiary/aromatic N) is 1. The molecular formula is C19H20Cl2N2O2. The van der Waals surface area contributed by atoms with E-state index in [-0.39, 0.29) is 17.9 Å². The minimum Gasteiger partial charge on any atom is -0.386 e. The van der Waals surface area contributed by atoms with Gasteiger partial charge in [-0.15, -0.1) is 0 Å². The van der Waals surface area contributed by atoms with E-state index < -0.39 is 0 Å². The normalized spacial score (nSPS) is 11.6. The first-order valence-corrected chi connectivity index (χ1v) is 8.53. The van der Waals surface area contributed by atoms with Crippen molar-refractivity contribution >= 4 is 41.0 Å². The van der Waals surface area contributed by atoms with Gasteiger partial charge in [0.05, 0.1) is 11.2 Å². The lowest BCUT2D eigenvalue weighted by Crippen LogP contribution is -2.21. The number of nitrogens with one attached hydrogen (secondary N) is 1. The van der Waals surface area contributed by atoms with E-state index in [1.54, 1.807) is 18.2 Å². The van der Waals surface area contributed by atoms with Gasteiger partial charge in [0.2, 0.25) is 0 Å². The summed E-state index contributed by atoms with van der Waals surface area (Å²) in [4.78, 5) is 17.1. The lowest BCUT2D eigenvalue weighted by molar-refractivity contribution is -0.120. The van der Waals surface area contributed by atoms with Crippen LogP contribution < -0.4 is 5.32 Å². The summed E-state index contributed by atoms with van der Waals surface area (Å²) in [6.45, 7) is 6.08. The molecule has 0 heterocycles. The smallest absolute Gasteiger partial charge is 0.265 e. The number of rotatable bonds is 5. The van der Waals surface area contributed by atoms with Crippen LogP contribution in [0, 0.1) is 0 Å². The topological polar surface area (TPSA) is 50.7 Å². The molecule has 0 bridgehead atoms. The Kier molecular flexibility index (Phi) is 6.45. The van der Waals surface area contributed by atoms with E-state index in [9.17, 15) is 4.79 Å². The summed E-state index contributed by atoms with van der Waals surface area (Å²) < 4.78 is 0. The molecule has 1 amide bonds. The summed E-state index contributed by atoms with van der Waals surface area (Å²) in [5, 5.41) is 7.63. The zero-order chi connectivity index (χ0) is 18.4. The van der Waals surface area contributed by atoms with Crippen molar-refractivity contribution in [3.05, 3.63) is 63.6 Å². The van der Waals surface area contributed by atoms with Crippen LogP contribution in [0.2, 0.25) is 10.0 Å². The van der Waals surface area contributed by atoms with Gasteiger partial charge in [-0.2, -0.15) is 0 Å². The van der Waals surface area contributed by atoms with Gasteiger partial charge in [-0.25, -0.2) is 0 Å². The fraction of sp³-hybridized carbons (Fsp3) is 0.263. The van der Waals surface area contributed by atoms with Crippen molar-refractivity contribution in [3.63, 3.8) is 0 Å². The zero-order valence-electron chi connectivity index (χ0n) is 14.3. The molecule has 4 nitrogen and oxygen atoms in total. The molecule has 1 N–H and O–H groups in total. The van der Waals surface area contributed by atoms with Crippen LogP contribution in [0.5, 0.6) is 0 Å². The number of benzene rings is 2. The van der Waals surface area contributed by atoms with Crippen molar-refractivity contribution < 1.29 is 9.63 Å². The number of amides is 1. The second kappa shape index (κ2) is 8.37. The Bertz CT molecular complexity index is 783. The number of carbonyl (C=O) groups is 1. The molecule has 0 spiro atoms. The third-order valence-electron chi connectivity index (χ3n) is 3.43. The molecule has 0 aliphatic carbocycles. The molecule has 0 aliphatic heterocycles. The minimum atomic E-state index is -0.281. The van der Waals surface area contributed by atoms with Crippen LogP contribution in [0.3, 0.4) is 0 Å².